The van der Waals surface area contributed by atoms with Crippen LogP contribution in [0.4, 0.5) is 5.69 Å². The van der Waals surface area contributed by atoms with Gasteiger partial charge in [-0.1, -0.05) is 0 Å². The SMILES string of the molecule is NC(=O)CS(=O)N1CCN(c2cc(S)cc(S)c2)CC1. The van der Waals surface area contributed by atoms with Gasteiger partial charge in [0.2, 0.25) is 5.91 Å². The lowest BCUT2D eigenvalue weighted by Crippen LogP contribution is -2.48. The van der Waals surface area contributed by atoms with E-state index in [2.05, 4.69) is 30.2 Å². The van der Waals surface area contributed by atoms with Crippen LogP contribution in [0.3, 0.4) is 0 Å². The third-order valence-electron chi connectivity index (χ3n) is 3.04. The Hall–Kier alpha value is -0.700. The molecule has 0 bridgehead atoms. The van der Waals surface area contributed by atoms with E-state index >= 15 is 0 Å². The van der Waals surface area contributed by atoms with Crippen LogP contribution >= 0.6 is 25.3 Å². The molecule has 1 saturated heterocycles. The Morgan fingerprint density at radius 3 is 2.20 bits per heavy atom. The maximum atomic E-state index is 11.9. The van der Waals surface area contributed by atoms with E-state index in [-0.39, 0.29) is 5.75 Å². The molecule has 0 saturated carbocycles. The summed E-state index contributed by atoms with van der Waals surface area (Å²) in [6.45, 7) is 2.76. The summed E-state index contributed by atoms with van der Waals surface area (Å²) in [5, 5.41) is 0. The van der Waals surface area contributed by atoms with Gasteiger partial charge in [0.25, 0.3) is 0 Å². The summed E-state index contributed by atoms with van der Waals surface area (Å²) in [6.07, 6.45) is 0. The molecule has 2 rings (SSSR count). The van der Waals surface area contributed by atoms with Gasteiger partial charge in [-0.2, -0.15) is 0 Å². The average Bonchev–Trinajstić information content (AvgIpc) is 2.37. The molecule has 1 fully saturated rings. The lowest BCUT2D eigenvalue weighted by Gasteiger charge is -2.35. The number of primary amides is 1. The standard InChI is InChI=1S/C12H17N3O2S3/c13-12(16)8-20(17)15-3-1-14(2-4-15)9-5-10(18)7-11(19)6-9/h5-7,18-19H,1-4,8H2,(H2,13,16). The molecular weight excluding hydrogens is 314 g/mol. The lowest BCUT2D eigenvalue weighted by molar-refractivity contribution is -0.115. The van der Waals surface area contributed by atoms with Crippen molar-refractivity contribution < 1.29 is 9.00 Å². The Balaban J connectivity index is 1.97. The predicted octanol–water partition coefficient (Wildman–Crippen LogP) is 0.535. The number of rotatable bonds is 4. The van der Waals surface area contributed by atoms with Gasteiger partial charge in [0.1, 0.15) is 16.7 Å². The minimum atomic E-state index is -1.31. The highest BCUT2D eigenvalue weighted by Gasteiger charge is 2.22. The smallest absolute Gasteiger partial charge is 0.231 e. The van der Waals surface area contributed by atoms with E-state index in [1.165, 1.54) is 0 Å². The van der Waals surface area contributed by atoms with Crippen LogP contribution < -0.4 is 10.6 Å². The van der Waals surface area contributed by atoms with Crippen LogP contribution in [0.5, 0.6) is 0 Å². The molecule has 1 aliphatic rings. The zero-order valence-corrected chi connectivity index (χ0v) is 13.5. The topological polar surface area (TPSA) is 66.6 Å². The molecule has 1 aliphatic heterocycles. The Labute approximate surface area is 131 Å². The normalized spacial score (nSPS) is 18.0. The van der Waals surface area contributed by atoms with Crippen molar-refractivity contribution in [2.45, 2.75) is 9.79 Å². The van der Waals surface area contributed by atoms with Crippen LogP contribution in [0, 0.1) is 0 Å². The summed E-state index contributed by atoms with van der Waals surface area (Å²) in [5.41, 5.74) is 6.12. The van der Waals surface area contributed by atoms with Crippen molar-refractivity contribution in [1.82, 2.24) is 4.31 Å². The number of hydrogen-bond donors (Lipinski definition) is 3. The fourth-order valence-electron chi connectivity index (χ4n) is 2.13. The maximum Gasteiger partial charge on any atom is 0.231 e. The molecule has 1 aromatic carbocycles. The van der Waals surface area contributed by atoms with Crippen LogP contribution in [0.2, 0.25) is 0 Å². The molecule has 8 heteroatoms. The Kier molecular flexibility index (Phi) is 5.36. The highest BCUT2D eigenvalue weighted by atomic mass is 32.2. The van der Waals surface area contributed by atoms with Gasteiger partial charge >= 0.3 is 0 Å². The zero-order valence-electron chi connectivity index (χ0n) is 10.9. The molecule has 2 N–H and O–H groups in total. The van der Waals surface area contributed by atoms with Gasteiger partial charge in [-0.25, -0.2) is 8.51 Å². The molecule has 20 heavy (non-hydrogen) atoms. The summed E-state index contributed by atoms with van der Waals surface area (Å²) in [6, 6.07) is 5.85. The van der Waals surface area contributed by atoms with Crippen molar-refractivity contribution in [1.29, 1.82) is 0 Å². The minimum Gasteiger partial charge on any atom is -0.369 e. The van der Waals surface area contributed by atoms with Gasteiger partial charge in [0.05, 0.1) is 0 Å². The van der Waals surface area contributed by atoms with Crippen molar-refractivity contribution in [2.75, 3.05) is 36.8 Å². The number of carbonyl (C=O) groups excluding carboxylic acids is 1. The van der Waals surface area contributed by atoms with E-state index < -0.39 is 16.9 Å². The Morgan fingerprint density at radius 2 is 1.70 bits per heavy atom. The predicted molar refractivity (Wildman–Crippen MR) is 86.9 cm³/mol. The largest absolute Gasteiger partial charge is 0.369 e. The van der Waals surface area contributed by atoms with Crippen molar-refractivity contribution >= 4 is 47.8 Å². The number of carbonyl (C=O) groups is 1. The monoisotopic (exact) mass is 331 g/mol. The van der Waals surface area contributed by atoms with E-state index in [0.717, 1.165) is 28.6 Å². The lowest BCUT2D eigenvalue weighted by atomic mass is 10.2. The quantitative estimate of drug-likeness (QED) is 0.705. The Bertz CT molecular complexity index is 510. The van der Waals surface area contributed by atoms with E-state index in [0.29, 0.717) is 13.1 Å². The zero-order chi connectivity index (χ0) is 14.7. The van der Waals surface area contributed by atoms with Gasteiger partial charge in [-0.05, 0) is 18.2 Å². The van der Waals surface area contributed by atoms with Crippen molar-refractivity contribution in [3.05, 3.63) is 18.2 Å². The highest BCUT2D eigenvalue weighted by Crippen LogP contribution is 2.24. The van der Waals surface area contributed by atoms with Crippen LogP contribution in [0.25, 0.3) is 0 Å². The summed E-state index contributed by atoms with van der Waals surface area (Å²) in [4.78, 5) is 14.7. The molecule has 1 unspecified atom stereocenters. The number of anilines is 1. The molecule has 110 valence electrons. The summed E-state index contributed by atoms with van der Waals surface area (Å²) in [5.74, 6) is -0.638. The molecule has 1 amide bonds. The second-order valence-electron chi connectivity index (χ2n) is 4.56. The average molecular weight is 331 g/mol. The molecule has 1 aromatic rings. The third-order valence-corrected chi connectivity index (χ3v) is 5.03. The van der Waals surface area contributed by atoms with Crippen molar-refractivity contribution in [2.24, 2.45) is 5.73 Å². The molecule has 0 radical (unpaired) electrons. The van der Waals surface area contributed by atoms with E-state index in [1.54, 1.807) is 4.31 Å². The van der Waals surface area contributed by atoms with Gasteiger partial charge < -0.3 is 10.6 Å². The fraction of sp³-hybridized carbons (Fsp3) is 0.417. The second kappa shape index (κ2) is 6.84. The molecule has 1 atom stereocenters. The molecule has 5 nitrogen and oxygen atoms in total. The van der Waals surface area contributed by atoms with Crippen LogP contribution in [0.15, 0.2) is 28.0 Å². The minimum absolute atomic E-state index is 0.104. The molecule has 0 aromatic heterocycles. The summed E-state index contributed by atoms with van der Waals surface area (Å²) in [7, 11) is -1.31. The number of benzene rings is 1. The van der Waals surface area contributed by atoms with Crippen LogP contribution in [-0.4, -0.2) is 46.4 Å². The number of hydrogen-bond acceptors (Lipinski definition) is 5. The Morgan fingerprint density at radius 1 is 1.15 bits per heavy atom. The summed E-state index contributed by atoms with van der Waals surface area (Å²) >= 11 is 8.69. The number of nitrogens with two attached hydrogens (primary N) is 1. The second-order valence-corrected chi connectivity index (χ2v) is 7.04. The van der Waals surface area contributed by atoms with Crippen LogP contribution in [0.1, 0.15) is 0 Å². The fourth-order valence-corrected chi connectivity index (χ4v) is 3.77. The first-order valence-electron chi connectivity index (χ1n) is 6.15. The van der Waals surface area contributed by atoms with Crippen molar-refractivity contribution in [3.63, 3.8) is 0 Å². The van der Waals surface area contributed by atoms with Crippen molar-refractivity contribution in [3.8, 4) is 0 Å². The number of amides is 1. The van der Waals surface area contributed by atoms with E-state index in [4.69, 9.17) is 5.73 Å². The first kappa shape index (κ1) is 15.7. The maximum absolute atomic E-state index is 11.9. The first-order chi connectivity index (χ1) is 9.45. The highest BCUT2D eigenvalue weighted by molar-refractivity contribution is 7.83. The number of piperazine rings is 1. The van der Waals surface area contributed by atoms with Crippen LogP contribution in [-0.2, 0) is 15.8 Å². The van der Waals surface area contributed by atoms with Gasteiger partial charge in [-0.3, -0.25) is 4.79 Å². The first-order valence-corrected chi connectivity index (χ1v) is 8.32. The van der Waals surface area contributed by atoms with E-state index in [1.807, 2.05) is 18.2 Å². The van der Waals surface area contributed by atoms with Gasteiger partial charge in [0, 0.05) is 41.7 Å². The molecule has 0 spiro atoms. The molecule has 1 heterocycles. The molecular formula is C12H17N3O2S3. The van der Waals surface area contributed by atoms with E-state index in [9.17, 15) is 9.00 Å². The summed E-state index contributed by atoms with van der Waals surface area (Å²) < 4.78 is 13.6. The third kappa shape index (κ3) is 4.15. The molecule has 0 aliphatic carbocycles. The number of thiol groups is 2. The van der Waals surface area contributed by atoms with Gasteiger partial charge in [-0.15, -0.1) is 25.3 Å². The van der Waals surface area contributed by atoms with Gasteiger partial charge in [0.15, 0.2) is 0 Å². The number of nitrogens with zero attached hydrogens (tertiary/aromatic N) is 2.